The Bertz CT molecular complexity index is 1030. The van der Waals surface area contributed by atoms with Gasteiger partial charge >= 0.3 is 0 Å². The summed E-state index contributed by atoms with van der Waals surface area (Å²) < 4.78 is 52.0. The van der Waals surface area contributed by atoms with Crippen LogP contribution in [0.25, 0.3) is 0 Å². The molecule has 0 bridgehead atoms. The van der Waals surface area contributed by atoms with E-state index in [4.69, 9.17) is 0 Å². The van der Waals surface area contributed by atoms with E-state index in [0.29, 0.717) is 13.0 Å². The maximum atomic E-state index is 13.6. The molecule has 0 radical (unpaired) electrons. The van der Waals surface area contributed by atoms with Crippen LogP contribution in [0.5, 0.6) is 0 Å². The zero-order valence-electron chi connectivity index (χ0n) is 16.9. The summed E-state index contributed by atoms with van der Waals surface area (Å²) in [4.78, 5) is 14.8. The molecule has 6 nitrogen and oxygen atoms in total. The highest BCUT2D eigenvalue weighted by Crippen LogP contribution is 2.27. The second kappa shape index (κ2) is 8.99. The lowest BCUT2D eigenvalue weighted by Crippen LogP contribution is -2.48. The van der Waals surface area contributed by atoms with Gasteiger partial charge in [-0.2, -0.15) is 0 Å². The molecule has 0 fully saturated rings. The number of hydrogen-bond acceptors (Lipinski definition) is 4. The average Bonchev–Trinajstić information content (AvgIpc) is 3.10. The van der Waals surface area contributed by atoms with Gasteiger partial charge in [-0.15, -0.1) is 0 Å². The fourth-order valence-corrected chi connectivity index (χ4v) is 4.87. The molecule has 1 atom stereocenters. The third kappa shape index (κ3) is 4.89. The Labute approximate surface area is 175 Å². The van der Waals surface area contributed by atoms with Crippen LogP contribution in [0.1, 0.15) is 18.9 Å². The number of sulfonamides is 1. The van der Waals surface area contributed by atoms with Gasteiger partial charge in [0.05, 0.1) is 11.9 Å². The molecule has 1 heterocycles. The summed E-state index contributed by atoms with van der Waals surface area (Å²) in [5, 5.41) is 2.74. The van der Waals surface area contributed by atoms with Crippen molar-refractivity contribution in [1.29, 1.82) is 0 Å². The van der Waals surface area contributed by atoms with E-state index < -0.39 is 33.6 Å². The molecule has 0 aromatic heterocycles. The number of halogens is 2. The Hall–Kier alpha value is -2.68. The Morgan fingerprint density at radius 3 is 2.63 bits per heavy atom. The van der Waals surface area contributed by atoms with Gasteiger partial charge in [0.1, 0.15) is 6.04 Å². The van der Waals surface area contributed by atoms with Crippen LogP contribution < -0.4 is 14.5 Å². The van der Waals surface area contributed by atoms with Crippen molar-refractivity contribution in [1.82, 2.24) is 5.32 Å². The van der Waals surface area contributed by atoms with Gasteiger partial charge < -0.3 is 10.2 Å². The Morgan fingerprint density at radius 2 is 1.93 bits per heavy atom. The lowest BCUT2D eigenvalue weighted by molar-refractivity contribution is -0.121. The normalized spacial score (nSPS) is 14.3. The van der Waals surface area contributed by atoms with Crippen molar-refractivity contribution in [2.75, 3.05) is 35.1 Å². The number of hydrogen-bond donors (Lipinski definition) is 1. The van der Waals surface area contributed by atoms with Crippen molar-refractivity contribution < 1.29 is 22.0 Å². The first-order chi connectivity index (χ1) is 14.2. The van der Waals surface area contributed by atoms with Crippen LogP contribution in [0, 0.1) is 11.6 Å². The van der Waals surface area contributed by atoms with Crippen LogP contribution in [0.2, 0.25) is 0 Å². The molecule has 1 N–H and O–H groups in total. The zero-order valence-corrected chi connectivity index (χ0v) is 17.8. The minimum atomic E-state index is -3.89. The SMILES string of the molecule is C[C@@H](C(=O)NCCCN1CCc2ccccc21)N(c1ccc(F)c(F)c1)S(C)(=O)=O. The number of amides is 1. The lowest BCUT2D eigenvalue weighted by Gasteiger charge is -2.28. The molecular weight excluding hydrogens is 412 g/mol. The van der Waals surface area contributed by atoms with Gasteiger partial charge in [-0.3, -0.25) is 9.10 Å². The minimum absolute atomic E-state index is 0.104. The van der Waals surface area contributed by atoms with Crippen molar-refractivity contribution in [3.8, 4) is 0 Å². The molecule has 0 saturated carbocycles. The second-order valence-corrected chi connectivity index (χ2v) is 9.20. The molecule has 2 aromatic carbocycles. The minimum Gasteiger partial charge on any atom is -0.371 e. The van der Waals surface area contributed by atoms with Gasteiger partial charge in [-0.25, -0.2) is 17.2 Å². The van der Waals surface area contributed by atoms with Crippen LogP contribution in [0.3, 0.4) is 0 Å². The van der Waals surface area contributed by atoms with Crippen LogP contribution in [0.4, 0.5) is 20.2 Å². The first-order valence-electron chi connectivity index (χ1n) is 9.73. The van der Waals surface area contributed by atoms with Crippen LogP contribution >= 0.6 is 0 Å². The zero-order chi connectivity index (χ0) is 21.9. The van der Waals surface area contributed by atoms with E-state index in [1.807, 2.05) is 12.1 Å². The summed E-state index contributed by atoms with van der Waals surface area (Å²) in [5.74, 6) is -2.78. The maximum absolute atomic E-state index is 13.6. The van der Waals surface area contributed by atoms with Gasteiger partial charge in [0, 0.05) is 31.4 Å². The summed E-state index contributed by atoms with van der Waals surface area (Å²) in [6.07, 6.45) is 2.61. The van der Waals surface area contributed by atoms with E-state index in [-0.39, 0.29) is 5.69 Å². The number of nitrogens with one attached hydrogen (secondary N) is 1. The summed E-state index contributed by atoms with van der Waals surface area (Å²) in [5.41, 5.74) is 2.41. The number of benzene rings is 2. The molecule has 0 saturated heterocycles. The number of anilines is 2. The highest BCUT2D eigenvalue weighted by atomic mass is 32.2. The Morgan fingerprint density at radius 1 is 1.20 bits per heavy atom. The first-order valence-corrected chi connectivity index (χ1v) is 11.6. The van der Waals surface area contributed by atoms with Crippen molar-refractivity contribution in [2.24, 2.45) is 0 Å². The Kier molecular flexibility index (Phi) is 6.60. The monoisotopic (exact) mass is 437 g/mol. The summed E-state index contributed by atoms with van der Waals surface area (Å²) >= 11 is 0. The summed E-state index contributed by atoms with van der Waals surface area (Å²) in [7, 11) is -3.89. The predicted octanol–water partition coefficient (Wildman–Crippen LogP) is 2.69. The van der Waals surface area contributed by atoms with Crippen LogP contribution in [0.15, 0.2) is 42.5 Å². The average molecular weight is 438 g/mol. The van der Waals surface area contributed by atoms with E-state index in [0.717, 1.165) is 48.3 Å². The van der Waals surface area contributed by atoms with Crippen molar-refractivity contribution in [3.05, 3.63) is 59.7 Å². The number of nitrogens with zero attached hydrogens (tertiary/aromatic N) is 2. The number of rotatable bonds is 8. The predicted molar refractivity (Wildman–Crippen MR) is 113 cm³/mol. The molecule has 9 heteroatoms. The molecule has 1 amide bonds. The van der Waals surface area contributed by atoms with Crippen LogP contribution in [-0.2, 0) is 21.2 Å². The summed E-state index contributed by atoms with van der Waals surface area (Å²) in [6.45, 7) is 3.48. The van der Waals surface area contributed by atoms with Crippen molar-refractivity contribution in [3.63, 3.8) is 0 Å². The smallest absolute Gasteiger partial charge is 0.243 e. The highest BCUT2D eigenvalue weighted by molar-refractivity contribution is 7.92. The molecule has 1 aliphatic heterocycles. The lowest BCUT2D eigenvalue weighted by atomic mass is 10.2. The molecule has 3 rings (SSSR count). The number of carbonyl (C=O) groups excluding carboxylic acids is 1. The number of carbonyl (C=O) groups is 1. The van der Waals surface area contributed by atoms with E-state index in [9.17, 15) is 22.0 Å². The number of para-hydroxylation sites is 1. The molecule has 2 aromatic rings. The summed E-state index contributed by atoms with van der Waals surface area (Å²) in [6, 6.07) is 9.83. The van der Waals surface area contributed by atoms with Gasteiger partial charge in [0.25, 0.3) is 0 Å². The van der Waals surface area contributed by atoms with Gasteiger partial charge in [0.2, 0.25) is 15.9 Å². The molecule has 1 aliphatic rings. The molecular formula is C21H25F2N3O3S. The highest BCUT2D eigenvalue weighted by Gasteiger charge is 2.29. The van der Waals surface area contributed by atoms with Crippen LogP contribution in [-0.4, -0.2) is 46.3 Å². The molecule has 30 heavy (non-hydrogen) atoms. The Balaban J connectivity index is 1.59. The van der Waals surface area contributed by atoms with E-state index in [1.165, 1.54) is 18.2 Å². The van der Waals surface area contributed by atoms with Crippen molar-refractivity contribution in [2.45, 2.75) is 25.8 Å². The van der Waals surface area contributed by atoms with Gasteiger partial charge in [0.15, 0.2) is 11.6 Å². The topological polar surface area (TPSA) is 69.7 Å². The fourth-order valence-electron chi connectivity index (χ4n) is 3.70. The molecule has 0 spiro atoms. The number of fused-ring (bicyclic) bond motifs is 1. The molecule has 0 unspecified atom stereocenters. The third-order valence-electron chi connectivity index (χ3n) is 5.13. The largest absolute Gasteiger partial charge is 0.371 e. The second-order valence-electron chi connectivity index (χ2n) is 7.34. The van der Waals surface area contributed by atoms with E-state index in [2.05, 4.69) is 22.3 Å². The van der Waals surface area contributed by atoms with E-state index >= 15 is 0 Å². The quantitative estimate of drug-likeness (QED) is 0.645. The molecule has 0 aliphatic carbocycles. The maximum Gasteiger partial charge on any atom is 0.243 e. The van der Waals surface area contributed by atoms with Gasteiger partial charge in [-0.05, 0) is 43.5 Å². The third-order valence-corrected chi connectivity index (χ3v) is 6.38. The molecule has 162 valence electrons. The van der Waals surface area contributed by atoms with E-state index in [1.54, 1.807) is 0 Å². The first kappa shape index (κ1) is 22.0. The standard InChI is InChI=1S/C21H25F2N3O3S/c1-15(26(30(2,28)29)17-8-9-18(22)19(23)14-17)21(27)24-11-5-12-25-13-10-16-6-3-4-7-20(16)25/h3-4,6-9,14-15H,5,10-13H2,1-2H3,(H,24,27)/t15-/m0/s1. The van der Waals surface area contributed by atoms with Gasteiger partial charge in [-0.1, -0.05) is 18.2 Å². The fraction of sp³-hybridized carbons (Fsp3) is 0.381. The van der Waals surface area contributed by atoms with Crippen molar-refractivity contribution >= 4 is 27.3 Å².